The van der Waals surface area contributed by atoms with Crippen LogP contribution in [-0.2, 0) is 14.8 Å². The number of benzene rings is 1. The first kappa shape index (κ1) is 20.5. The van der Waals surface area contributed by atoms with Crippen LogP contribution in [0.5, 0.6) is 0 Å². The number of nitrogens with zero attached hydrogens (tertiary/aromatic N) is 3. The van der Waals surface area contributed by atoms with Gasteiger partial charge in [0.2, 0.25) is 15.9 Å². The van der Waals surface area contributed by atoms with Crippen molar-refractivity contribution in [1.29, 1.82) is 0 Å². The molecule has 0 radical (unpaired) electrons. The lowest BCUT2D eigenvalue weighted by Crippen LogP contribution is -2.53. The zero-order chi connectivity index (χ0) is 21.3. The molecule has 1 aromatic carbocycles. The van der Waals surface area contributed by atoms with Crippen LogP contribution in [0.1, 0.15) is 12.5 Å². The number of fused-ring (bicyclic) bond motifs is 1. The number of hydrogen-bond donors (Lipinski definition) is 2. The molecule has 9 heteroatoms. The monoisotopic (exact) mass is 427 g/mol. The maximum absolute atomic E-state index is 13.1. The van der Waals surface area contributed by atoms with E-state index in [-0.39, 0.29) is 16.8 Å². The molecule has 3 aromatic rings. The summed E-state index contributed by atoms with van der Waals surface area (Å²) in [5.41, 5.74) is 2.35. The Bertz CT molecular complexity index is 1170. The van der Waals surface area contributed by atoms with E-state index < -0.39 is 10.0 Å². The van der Waals surface area contributed by atoms with Crippen LogP contribution in [0.4, 0.5) is 5.69 Å². The second kappa shape index (κ2) is 8.17. The Kier molecular flexibility index (Phi) is 5.59. The van der Waals surface area contributed by atoms with Gasteiger partial charge in [-0.3, -0.25) is 9.69 Å². The van der Waals surface area contributed by atoms with Crippen LogP contribution in [0.15, 0.2) is 53.7 Å². The smallest absolute Gasteiger partial charge is 0.245 e. The molecule has 1 unspecified atom stereocenters. The lowest BCUT2D eigenvalue weighted by atomic mass is 10.2. The number of pyridine rings is 1. The molecule has 0 bridgehead atoms. The van der Waals surface area contributed by atoms with Crippen molar-refractivity contribution in [3.8, 4) is 0 Å². The molecule has 0 aliphatic carbocycles. The number of nitrogens with one attached hydrogen (secondary N) is 2. The Morgan fingerprint density at radius 1 is 1.13 bits per heavy atom. The van der Waals surface area contributed by atoms with Crippen LogP contribution in [0.2, 0.25) is 0 Å². The minimum atomic E-state index is -3.63. The van der Waals surface area contributed by atoms with Crippen molar-refractivity contribution in [3.05, 3.63) is 54.4 Å². The van der Waals surface area contributed by atoms with Crippen molar-refractivity contribution < 1.29 is 13.2 Å². The van der Waals surface area contributed by atoms with Crippen LogP contribution in [0, 0.1) is 6.92 Å². The molecule has 2 N–H and O–H groups in total. The van der Waals surface area contributed by atoms with Gasteiger partial charge < -0.3 is 10.3 Å². The highest BCUT2D eigenvalue weighted by Gasteiger charge is 2.33. The topological polar surface area (TPSA) is 98.4 Å². The van der Waals surface area contributed by atoms with Crippen molar-refractivity contribution in [2.75, 3.05) is 31.5 Å². The SMILES string of the molecule is Cc1ccccc1NC(=O)C(C)N1CCN(S(=O)(=O)c2c[nH]c3ncccc23)CC1. The molecular weight excluding hydrogens is 402 g/mol. The number of aromatic nitrogens is 2. The molecule has 3 heterocycles. The first-order valence-electron chi connectivity index (χ1n) is 9.91. The summed E-state index contributed by atoms with van der Waals surface area (Å²) in [7, 11) is -3.63. The van der Waals surface area contributed by atoms with Crippen molar-refractivity contribution in [2.45, 2.75) is 24.8 Å². The van der Waals surface area contributed by atoms with Gasteiger partial charge in [0.05, 0.1) is 6.04 Å². The Morgan fingerprint density at radius 2 is 1.87 bits per heavy atom. The van der Waals surface area contributed by atoms with E-state index in [9.17, 15) is 13.2 Å². The second-order valence-corrected chi connectivity index (χ2v) is 9.38. The number of carbonyl (C=O) groups is 1. The van der Waals surface area contributed by atoms with Crippen LogP contribution in [-0.4, -0.2) is 65.7 Å². The molecule has 8 nitrogen and oxygen atoms in total. The minimum Gasteiger partial charge on any atom is -0.345 e. The Balaban J connectivity index is 1.42. The van der Waals surface area contributed by atoms with Crippen molar-refractivity contribution in [1.82, 2.24) is 19.2 Å². The number of aromatic amines is 1. The van der Waals surface area contributed by atoms with Crippen molar-refractivity contribution in [2.24, 2.45) is 0 Å². The van der Waals surface area contributed by atoms with Gasteiger partial charge in [-0.15, -0.1) is 0 Å². The molecule has 1 aliphatic rings. The third kappa shape index (κ3) is 3.83. The maximum Gasteiger partial charge on any atom is 0.245 e. The largest absolute Gasteiger partial charge is 0.345 e. The van der Waals surface area contributed by atoms with Gasteiger partial charge in [-0.1, -0.05) is 18.2 Å². The summed E-state index contributed by atoms with van der Waals surface area (Å²) in [5.74, 6) is -0.0942. The highest BCUT2D eigenvalue weighted by molar-refractivity contribution is 7.89. The van der Waals surface area contributed by atoms with Crippen LogP contribution in [0.3, 0.4) is 0 Å². The Morgan fingerprint density at radius 3 is 2.60 bits per heavy atom. The van der Waals surface area contributed by atoms with Crippen molar-refractivity contribution >= 4 is 32.7 Å². The highest BCUT2D eigenvalue weighted by Crippen LogP contribution is 2.25. The molecule has 158 valence electrons. The second-order valence-electron chi connectivity index (χ2n) is 7.47. The minimum absolute atomic E-state index is 0.0942. The third-order valence-corrected chi connectivity index (χ3v) is 7.57. The van der Waals surface area contributed by atoms with E-state index in [1.807, 2.05) is 43.0 Å². The number of para-hydroxylation sites is 1. The highest BCUT2D eigenvalue weighted by atomic mass is 32.2. The number of carbonyl (C=O) groups excluding carboxylic acids is 1. The molecule has 0 spiro atoms. The molecule has 4 rings (SSSR count). The molecule has 30 heavy (non-hydrogen) atoms. The number of hydrogen-bond acceptors (Lipinski definition) is 5. The average molecular weight is 428 g/mol. The van der Waals surface area contributed by atoms with Gasteiger partial charge >= 0.3 is 0 Å². The number of sulfonamides is 1. The van der Waals surface area contributed by atoms with Gasteiger partial charge in [0.25, 0.3) is 0 Å². The first-order chi connectivity index (χ1) is 14.4. The number of piperazine rings is 1. The fourth-order valence-corrected chi connectivity index (χ4v) is 5.30. The molecular formula is C21H25N5O3S. The Hall–Kier alpha value is -2.75. The van der Waals surface area contributed by atoms with Gasteiger partial charge in [-0.2, -0.15) is 4.31 Å². The van der Waals surface area contributed by atoms with Gasteiger partial charge in [-0.05, 0) is 37.6 Å². The fraction of sp³-hybridized carbons (Fsp3) is 0.333. The molecule has 1 atom stereocenters. The van der Waals surface area contributed by atoms with E-state index in [0.717, 1.165) is 11.3 Å². The molecule has 2 aromatic heterocycles. The van der Waals surface area contributed by atoms with E-state index in [0.29, 0.717) is 37.2 Å². The van der Waals surface area contributed by atoms with Gasteiger partial charge in [-0.25, -0.2) is 13.4 Å². The van der Waals surface area contributed by atoms with E-state index >= 15 is 0 Å². The van der Waals surface area contributed by atoms with E-state index in [1.54, 1.807) is 18.3 Å². The number of aryl methyl sites for hydroxylation is 1. The standard InChI is InChI=1S/C21H25N5O3S/c1-15-6-3-4-8-18(15)24-21(27)16(2)25-10-12-26(13-11-25)30(28,29)19-14-23-20-17(19)7-5-9-22-20/h3-9,14,16H,10-13H2,1-2H3,(H,22,23)(H,24,27). The first-order valence-corrected chi connectivity index (χ1v) is 11.3. The molecule has 1 fully saturated rings. The fourth-order valence-electron chi connectivity index (χ4n) is 3.73. The van der Waals surface area contributed by atoms with E-state index in [2.05, 4.69) is 15.3 Å². The summed E-state index contributed by atoms with van der Waals surface area (Å²) in [6, 6.07) is 10.8. The number of rotatable bonds is 5. The van der Waals surface area contributed by atoms with Gasteiger partial charge in [0, 0.05) is 49.6 Å². The third-order valence-electron chi connectivity index (χ3n) is 5.63. The quantitative estimate of drug-likeness (QED) is 0.651. The maximum atomic E-state index is 13.1. The van der Waals surface area contributed by atoms with Crippen LogP contribution >= 0.6 is 0 Å². The number of anilines is 1. The summed E-state index contributed by atoms with van der Waals surface area (Å²) in [6.07, 6.45) is 3.12. The summed E-state index contributed by atoms with van der Waals surface area (Å²) in [5, 5.41) is 3.56. The lowest BCUT2D eigenvalue weighted by molar-refractivity contribution is -0.121. The Labute approximate surface area is 176 Å². The van der Waals surface area contributed by atoms with E-state index in [1.165, 1.54) is 10.5 Å². The molecule has 1 aliphatic heterocycles. The molecule has 1 amide bonds. The normalized spacial score (nSPS) is 17.1. The van der Waals surface area contributed by atoms with Crippen LogP contribution < -0.4 is 5.32 Å². The average Bonchev–Trinajstić information content (AvgIpc) is 3.20. The number of amides is 1. The molecule has 1 saturated heterocycles. The summed E-state index contributed by atoms with van der Waals surface area (Å²) < 4.78 is 27.7. The van der Waals surface area contributed by atoms with Gasteiger partial charge in [0.1, 0.15) is 10.5 Å². The zero-order valence-corrected chi connectivity index (χ0v) is 17.8. The summed E-state index contributed by atoms with van der Waals surface area (Å²) in [6.45, 7) is 5.44. The number of H-pyrrole nitrogens is 1. The van der Waals surface area contributed by atoms with E-state index in [4.69, 9.17) is 0 Å². The zero-order valence-electron chi connectivity index (χ0n) is 17.0. The predicted molar refractivity (Wildman–Crippen MR) is 116 cm³/mol. The molecule has 0 saturated carbocycles. The summed E-state index contributed by atoms with van der Waals surface area (Å²) >= 11 is 0. The lowest BCUT2D eigenvalue weighted by Gasteiger charge is -2.36. The summed E-state index contributed by atoms with van der Waals surface area (Å²) in [4.78, 5) is 22.0. The van der Waals surface area contributed by atoms with Gasteiger partial charge in [0.15, 0.2) is 0 Å². The van der Waals surface area contributed by atoms with Crippen molar-refractivity contribution in [3.63, 3.8) is 0 Å². The van der Waals surface area contributed by atoms with Crippen LogP contribution in [0.25, 0.3) is 11.0 Å². The predicted octanol–water partition coefficient (Wildman–Crippen LogP) is 2.20.